The summed E-state index contributed by atoms with van der Waals surface area (Å²) in [6, 6.07) is 2.95. The third-order valence-corrected chi connectivity index (χ3v) is 2.71. The number of carbonyl (C=O) groups excluding carboxylic acids is 2. The second-order valence-corrected chi connectivity index (χ2v) is 4.58. The highest BCUT2D eigenvalue weighted by Crippen LogP contribution is 2.25. The van der Waals surface area contributed by atoms with Gasteiger partial charge in [0.25, 0.3) is 5.91 Å². The van der Waals surface area contributed by atoms with Gasteiger partial charge in [-0.15, -0.1) is 0 Å². The van der Waals surface area contributed by atoms with Gasteiger partial charge in [0, 0.05) is 24.2 Å². The maximum atomic E-state index is 13.3. The van der Waals surface area contributed by atoms with Crippen LogP contribution >= 0.6 is 0 Å². The minimum atomic E-state index is -0.966. The van der Waals surface area contributed by atoms with E-state index < -0.39 is 23.9 Å². The van der Waals surface area contributed by atoms with Crippen LogP contribution in [-0.4, -0.2) is 24.6 Å². The first kappa shape index (κ1) is 16.9. The van der Waals surface area contributed by atoms with Crippen LogP contribution in [0.5, 0.6) is 5.75 Å². The zero-order chi connectivity index (χ0) is 16.0. The fourth-order valence-electron chi connectivity index (χ4n) is 1.65. The van der Waals surface area contributed by atoms with Crippen molar-refractivity contribution in [1.29, 1.82) is 0 Å². The standard InChI is InChI=1S/C14H20FN3O3/c1-4-17-14(20)18-13(19)9(3)21-12-7-10(15)5-6-11(12)8(2)16/h5-9H,4,16H2,1-3H3,(H2,17,18,19,20)/t8-,9?/m1/s1. The van der Waals surface area contributed by atoms with Crippen molar-refractivity contribution in [3.63, 3.8) is 0 Å². The van der Waals surface area contributed by atoms with Crippen molar-refractivity contribution < 1.29 is 18.7 Å². The van der Waals surface area contributed by atoms with E-state index in [0.29, 0.717) is 12.1 Å². The molecule has 0 aromatic heterocycles. The van der Waals surface area contributed by atoms with Crippen molar-refractivity contribution in [2.45, 2.75) is 32.9 Å². The molecule has 0 spiro atoms. The predicted molar refractivity (Wildman–Crippen MR) is 76.3 cm³/mol. The molecule has 1 aromatic rings. The molecule has 4 N–H and O–H groups in total. The number of carbonyl (C=O) groups is 2. The topological polar surface area (TPSA) is 93.5 Å². The molecule has 7 heteroatoms. The predicted octanol–water partition coefficient (Wildman–Crippen LogP) is 1.46. The van der Waals surface area contributed by atoms with Gasteiger partial charge in [0.1, 0.15) is 11.6 Å². The third kappa shape index (κ3) is 5.03. The maximum Gasteiger partial charge on any atom is 0.321 e. The molecule has 0 fully saturated rings. The summed E-state index contributed by atoms with van der Waals surface area (Å²) >= 11 is 0. The highest BCUT2D eigenvalue weighted by atomic mass is 19.1. The fourth-order valence-corrected chi connectivity index (χ4v) is 1.65. The number of nitrogens with one attached hydrogen (secondary N) is 2. The Kier molecular flexibility index (Phi) is 6.10. The Morgan fingerprint density at radius 3 is 2.62 bits per heavy atom. The molecule has 0 bridgehead atoms. The Morgan fingerprint density at radius 2 is 2.05 bits per heavy atom. The summed E-state index contributed by atoms with van der Waals surface area (Å²) in [5.41, 5.74) is 6.35. The summed E-state index contributed by atoms with van der Waals surface area (Å²) < 4.78 is 18.7. The maximum absolute atomic E-state index is 13.3. The molecule has 116 valence electrons. The number of benzene rings is 1. The molecular weight excluding hydrogens is 277 g/mol. The van der Waals surface area contributed by atoms with Crippen LogP contribution in [0.1, 0.15) is 32.4 Å². The van der Waals surface area contributed by atoms with E-state index in [9.17, 15) is 14.0 Å². The van der Waals surface area contributed by atoms with Crippen molar-refractivity contribution in [2.75, 3.05) is 6.54 Å². The average Bonchev–Trinajstić information content (AvgIpc) is 2.38. The van der Waals surface area contributed by atoms with Gasteiger partial charge in [0.15, 0.2) is 6.10 Å². The Hall–Kier alpha value is -2.15. The van der Waals surface area contributed by atoms with E-state index in [1.165, 1.54) is 19.1 Å². The van der Waals surface area contributed by atoms with Crippen LogP contribution in [0.2, 0.25) is 0 Å². The van der Waals surface area contributed by atoms with E-state index in [0.717, 1.165) is 6.07 Å². The minimum absolute atomic E-state index is 0.184. The Bertz CT molecular complexity index is 520. The first-order valence-corrected chi connectivity index (χ1v) is 6.65. The van der Waals surface area contributed by atoms with Gasteiger partial charge < -0.3 is 15.8 Å². The number of imide groups is 1. The Balaban J connectivity index is 2.78. The summed E-state index contributed by atoms with van der Waals surface area (Å²) in [7, 11) is 0. The molecule has 0 aliphatic rings. The largest absolute Gasteiger partial charge is 0.480 e. The van der Waals surface area contributed by atoms with Crippen LogP contribution in [0.3, 0.4) is 0 Å². The molecule has 1 rings (SSSR count). The van der Waals surface area contributed by atoms with E-state index in [1.807, 2.05) is 0 Å². The molecule has 2 atom stereocenters. The highest BCUT2D eigenvalue weighted by Gasteiger charge is 2.19. The van der Waals surface area contributed by atoms with Crippen molar-refractivity contribution in [3.05, 3.63) is 29.6 Å². The number of rotatable bonds is 5. The first-order chi connectivity index (χ1) is 9.85. The second kappa shape index (κ2) is 7.58. The molecule has 0 radical (unpaired) electrons. The summed E-state index contributed by atoms with van der Waals surface area (Å²) in [6.07, 6.45) is -0.966. The number of ether oxygens (including phenoxy) is 1. The van der Waals surface area contributed by atoms with Gasteiger partial charge in [-0.2, -0.15) is 0 Å². The van der Waals surface area contributed by atoms with Crippen LogP contribution < -0.4 is 21.1 Å². The zero-order valence-electron chi connectivity index (χ0n) is 12.3. The SMILES string of the molecule is CCNC(=O)NC(=O)C(C)Oc1cc(F)ccc1[C@@H](C)N. The lowest BCUT2D eigenvalue weighted by atomic mass is 10.1. The van der Waals surface area contributed by atoms with Crippen LogP contribution in [0, 0.1) is 5.82 Å². The molecule has 1 unspecified atom stereocenters. The van der Waals surface area contributed by atoms with E-state index in [2.05, 4.69) is 10.6 Å². The van der Waals surface area contributed by atoms with E-state index in [4.69, 9.17) is 10.5 Å². The Morgan fingerprint density at radius 1 is 1.38 bits per heavy atom. The number of nitrogens with two attached hydrogens (primary N) is 1. The van der Waals surface area contributed by atoms with Gasteiger partial charge in [0.2, 0.25) is 0 Å². The molecule has 1 aromatic carbocycles. The molecule has 21 heavy (non-hydrogen) atoms. The molecule has 0 saturated carbocycles. The van der Waals surface area contributed by atoms with Crippen LogP contribution in [0.25, 0.3) is 0 Å². The van der Waals surface area contributed by atoms with E-state index in [1.54, 1.807) is 13.8 Å². The summed E-state index contributed by atoms with van der Waals surface area (Å²) in [6.45, 7) is 5.31. The number of hydrogen-bond acceptors (Lipinski definition) is 4. The fraction of sp³-hybridized carbons (Fsp3) is 0.429. The lowest BCUT2D eigenvalue weighted by Gasteiger charge is -2.18. The monoisotopic (exact) mass is 297 g/mol. The number of hydrogen-bond donors (Lipinski definition) is 3. The molecule has 0 saturated heterocycles. The first-order valence-electron chi connectivity index (χ1n) is 6.65. The molecular formula is C14H20FN3O3. The number of halogens is 1. The highest BCUT2D eigenvalue weighted by molar-refractivity contribution is 5.96. The van der Waals surface area contributed by atoms with Gasteiger partial charge in [0.05, 0.1) is 0 Å². The number of urea groups is 1. The van der Waals surface area contributed by atoms with Crippen LogP contribution in [-0.2, 0) is 4.79 Å². The molecule has 3 amide bonds. The van der Waals surface area contributed by atoms with Crippen LogP contribution in [0.15, 0.2) is 18.2 Å². The quantitative estimate of drug-likeness (QED) is 0.767. The van der Waals surface area contributed by atoms with E-state index in [-0.39, 0.29) is 11.8 Å². The molecule has 0 heterocycles. The summed E-state index contributed by atoms with van der Waals surface area (Å²) in [4.78, 5) is 23.0. The van der Waals surface area contributed by atoms with Gasteiger partial charge in [-0.25, -0.2) is 9.18 Å². The average molecular weight is 297 g/mol. The van der Waals surface area contributed by atoms with E-state index >= 15 is 0 Å². The third-order valence-electron chi connectivity index (χ3n) is 2.71. The van der Waals surface area contributed by atoms with Crippen molar-refractivity contribution >= 4 is 11.9 Å². The minimum Gasteiger partial charge on any atom is -0.480 e. The molecule has 6 nitrogen and oxygen atoms in total. The molecule has 0 aliphatic heterocycles. The molecule has 0 aliphatic carbocycles. The lowest BCUT2D eigenvalue weighted by molar-refractivity contribution is -0.126. The van der Waals surface area contributed by atoms with Crippen molar-refractivity contribution in [2.24, 2.45) is 5.73 Å². The second-order valence-electron chi connectivity index (χ2n) is 4.58. The normalized spacial score (nSPS) is 13.2. The smallest absolute Gasteiger partial charge is 0.321 e. The van der Waals surface area contributed by atoms with Crippen molar-refractivity contribution in [1.82, 2.24) is 10.6 Å². The van der Waals surface area contributed by atoms with Gasteiger partial charge in [-0.05, 0) is 26.8 Å². The summed E-state index contributed by atoms with van der Waals surface area (Å²) in [5.74, 6) is -0.935. The Labute approximate surface area is 122 Å². The van der Waals surface area contributed by atoms with Crippen LogP contribution in [0.4, 0.5) is 9.18 Å². The van der Waals surface area contributed by atoms with Gasteiger partial charge >= 0.3 is 6.03 Å². The van der Waals surface area contributed by atoms with Gasteiger partial charge in [-0.3, -0.25) is 10.1 Å². The van der Waals surface area contributed by atoms with Crippen molar-refractivity contribution in [3.8, 4) is 5.75 Å². The zero-order valence-corrected chi connectivity index (χ0v) is 12.3. The summed E-state index contributed by atoms with van der Waals surface area (Å²) in [5, 5.41) is 4.55. The number of amides is 3. The van der Waals surface area contributed by atoms with Gasteiger partial charge in [-0.1, -0.05) is 6.07 Å². The lowest BCUT2D eigenvalue weighted by Crippen LogP contribution is -2.45.